The number of carbonyl (C=O) groups excluding carboxylic acids is 1. The van der Waals surface area contributed by atoms with Crippen LogP contribution < -0.4 is 5.32 Å². The fourth-order valence-corrected chi connectivity index (χ4v) is 4.46. The van der Waals surface area contributed by atoms with Gasteiger partial charge < -0.3 is 5.32 Å². The zero-order valence-electron chi connectivity index (χ0n) is 12.6. The van der Waals surface area contributed by atoms with Crippen LogP contribution in [0.4, 0.5) is 5.13 Å². The molecule has 2 atom stereocenters. The van der Waals surface area contributed by atoms with Gasteiger partial charge in [-0.15, -0.1) is 21.5 Å². The molecule has 1 fully saturated rings. The van der Waals surface area contributed by atoms with E-state index >= 15 is 0 Å². The highest BCUT2D eigenvalue weighted by Gasteiger charge is 2.44. The monoisotopic (exact) mass is 375 g/mol. The molecule has 1 aliphatic carbocycles. The highest BCUT2D eigenvalue weighted by molar-refractivity contribution is 7.15. The quantitative estimate of drug-likeness (QED) is 0.709. The molecule has 1 N–H and O–H groups in total. The average molecular weight is 376 g/mol. The maximum absolute atomic E-state index is 12.3. The van der Waals surface area contributed by atoms with E-state index in [1.54, 1.807) is 11.3 Å². The molecule has 1 aliphatic rings. The highest BCUT2D eigenvalue weighted by Crippen LogP contribution is 2.49. The average Bonchev–Trinajstić information content (AvgIpc) is 2.98. The second kappa shape index (κ2) is 6.63. The number of halogens is 1. The van der Waals surface area contributed by atoms with Crippen molar-refractivity contribution in [2.75, 3.05) is 5.32 Å². The topological polar surface area (TPSA) is 54.9 Å². The normalized spacial score (nSPS) is 19.2. The van der Waals surface area contributed by atoms with Gasteiger partial charge in [-0.3, -0.25) is 4.79 Å². The van der Waals surface area contributed by atoms with Crippen LogP contribution in [-0.2, 0) is 11.2 Å². The predicted molar refractivity (Wildman–Crippen MR) is 98.0 cm³/mol. The van der Waals surface area contributed by atoms with Crippen LogP contribution in [0.5, 0.6) is 0 Å². The molecule has 1 aromatic carbocycles. The van der Waals surface area contributed by atoms with Crippen molar-refractivity contribution in [1.29, 1.82) is 0 Å². The van der Waals surface area contributed by atoms with Crippen LogP contribution in [0.1, 0.15) is 27.8 Å². The lowest BCUT2D eigenvalue weighted by atomic mass is 10.2. The summed E-state index contributed by atoms with van der Waals surface area (Å²) in [7, 11) is 0. The van der Waals surface area contributed by atoms with Gasteiger partial charge in [0.1, 0.15) is 5.01 Å². The number of aromatic nitrogens is 2. The van der Waals surface area contributed by atoms with Crippen LogP contribution in [0.2, 0.25) is 5.02 Å². The smallest absolute Gasteiger partial charge is 0.229 e. The Hall–Kier alpha value is -1.76. The van der Waals surface area contributed by atoms with E-state index in [1.165, 1.54) is 16.2 Å². The van der Waals surface area contributed by atoms with Crippen LogP contribution in [-0.4, -0.2) is 16.1 Å². The van der Waals surface area contributed by atoms with Gasteiger partial charge in [-0.25, -0.2) is 0 Å². The number of hydrogen-bond acceptors (Lipinski definition) is 5. The molecule has 122 valence electrons. The van der Waals surface area contributed by atoms with E-state index in [9.17, 15) is 4.79 Å². The molecular weight excluding hydrogens is 362 g/mol. The van der Waals surface area contributed by atoms with Crippen LogP contribution >= 0.6 is 34.3 Å². The Labute approximate surface area is 152 Å². The predicted octanol–water partition coefficient (Wildman–Crippen LogP) is 4.59. The second-order valence-electron chi connectivity index (χ2n) is 5.76. The zero-order valence-corrected chi connectivity index (χ0v) is 15.0. The zero-order chi connectivity index (χ0) is 16.5. The van der Waals surface area contributed by atoms with Crippen molar-refractivity contribution in [3.05, 3.63) is 62.2 Å². The van der Waals surface area contributed by atoms with Gasteiger partial charge in [0.05, 0.1) is 0 Å². The molecule has 1 amide bonds. The fourth-order valence-electron chi connectivity index (χ4n) is 2.65. The first-order valence-electron chi connectivity index (χ1n) is 7.60. The SMILES string of the molecule is O=C(Nc1nnc(Cc2ccc(Cl)cc2)s1)C1CC1c1cccs1. The number of nitrogens with one attached hydrogen (secondary N) is 1. The van der Waals surface area contributed by atoms with E-state index in [4.69, 9.17) is 11.6 Å². The Kier molecular flexibility index (Phi) is 4.35. The summed E-state index contributed by atoms with van der Waals surface area (Å²) in [5.41, 5.74) is 1.12. The van der Waals surface area contributed by atoms with E-state index in [1.807, 2.05) is 30.3 Å². The van der Waals surface area contributed by atoms with Crippen molar-refractivity contribution in [3.8, 4) is 0 Å². The summed E-state index contributed by atoms with van der Waals surface area (Å²) in [6.07, 6.45) is 1.61. The molecule has 2 unspecified atom stereocenters. The number of amides is 1. The number of carbonyl (C=O) groups is 1. The molecule has 0 aliphatic heterocycles. The number of anilines is 1. The summed E-state index contributed by atoms with van der Waals surface area (Å²) in [6.45, 7) is 0. The summed E-state index contributed by atoms with van der Waals surface area (Å²) in [6, 6.07) is 11.8. The van der Waals surface area contributed by atoms with Crippen molar-refractivity contribution < 1.29 is 4.79 Å². The third-order valence-electron chi connectivity index (χ3n) is 4.00. The molecule has 0 radical (unpaired) electrons. The van der Waals surface area contributed by atoms with Crippen molar-refractivity contribution in [2.24, 2.45) is 5.92 Å². The number of benzene rings is 1. The number of nitrogens with zero attached hydrogens (tertiary/aromatic N) is 2. The van der Waals surface area contributed by atoms with Crippen LogP contribution in [0.15, 0.2) is 41.8 Å². The lowest BCUT2D eigenvalue weighted by molar-refractivity contribution is -0.117. The van der Waals surface area contributed by atoms with E-state index in [0.717, 1.165) is 17.0 Å². The number of thiophene rings is 1. The molecule has 3 aromatic rings. The van der Waals surface area contributed by atoms with Crippen LogP contribution in [0, 0.1) is 5.92 Å². The third kappa shape index (κ3) is 3.50. The minimum Gasteiger partial charge on any atom is -0.300 e. The van der Waals surface area contributed by atoms with E-state index in [2.05, 4.69) is 27.0 Å². The van der Waals surface area contributed by atoms with Gasteiger partial charge >= 0.3 is 0 Å². The van der Waals surface area contributed by atoms with Crippen LogP contribution in [0.3, 0.4) is 0 Å². The number of rotatable bonds is 5. The summed E-state index contributed by atoms with van der Waals surface area (Å²) in [5, 5.41) is 15.4. The van der Waals surface area contributed by atoms with E-state index in [0.29, 0.717) is 22.5 Å². The molecule has 0 bridgehead atoms. The van der Waals surface area contributed by atoms with Gasteiger partial charge in [-0.05, 0) is 35.6 Å². The molecule has 0 spiro atoms. The molecule has 7 heteroatoms. The minimum atomic E-state index is 0.0441. The third-order valence-corrected chi connectivity index (χ3v) is 6.10. The molecule has 2 heterocycles. The Morgan fingerprint density at radius 3 is 2.83 bits per heavy atom. The Morgan fingerprint density at radius 1 is 1.25 bits per heavy atom. The number of hydrogen-bond donors (Lipinski definition) is 1. The summed E-state index contributed by atoms with van der Waals surface area (Å²) < 4.78 is 0. The van der Waals surface area contributed by atoms with Gasteiger partial charge in [0, 0.05) is 28.2 Å². The summed E-state index contributed by atoms with van der Waals surface area (Å²) in [5.74, 6) is 0.473. The van der Waals surface area contributed by atoms with Gasteiger partial charge in [0.15, 0.2) is 0 Å². The van der Waals surface area contributed by atoms with Crippen molar-refractivity contribution >= 4 is 45.3 Å². The Morgan fingerprint density at radius 2 is 2.08 bits per heavy atom. The largest absolute Gasteiger partial charge is 0.300 e. The molecule has 4 rings (SSSR count). The maximum Gasteiger partial charge on any atom is 0.229 e. The molecular formula is C17H14ClN3OS2. The minimum absolute atomic E-state index is 0.0441. The van der Waals surface area contributed by atoms with Gasteiger partial charge in [-0.2, -0.15) is 0 Å². The fraction of sp³-hybridized carbons (Fsp3) is 0.235. The van der Waals surface area contributed by atoms with Crippen LogP contribution in [0.25, 0.3) is 0 Å². The molecule has 4 nitrogen and oxygen atoms in total. The highest BCUT2D eigenvalue weighted by atomic mass is 35.5. The maximum atomic E-state index is 12.3. The van der Waals surface area contributed by atoms with Gasteiger partial charge in [0.2, 0.25) is 11.0 Å². The lowest BCUT2D eigenvalue weighted by Gasteiger charge is -1.99. The summed E-state index contributed by atoms with van der Waals surface area (Å²) >= 11 is 9.02. The van der Waals surface area contributed by atoms with Crippen molar-refractivity contribution in [3.63, 3.8) is 0 Å². The van der Waals surface area contributed by atoms with E-state index in [-0.39, 0.29) is 11.8 Å². The van der Waals surface area contributed by atoms with E-state index < -0.39 is 0 Å². The van der Waals surface area contributed by atoms with Crippen molar-refractivity contribution in [1.82, 2.24) is 10.2 Å². The lowest BCUT2D eigenvalue weighted by Crippen LogP contribution is -2.14. The molecule has 2 aromatic heterocycles. The first-order chi connectivity index (χ1) is 11.7. The Balaban J connectivity index is 1.35. The van der Waals surface area contributed by atoms with Gasteiger partial charge in [0.25, 0.3) is 0 Å². The Bertz CT molecular complexity index is 845. The summed E-state index contributed by atoms with van der Waals surface area (Å²) in [4.78, 5) is 13.6. The standard InChI is InChI=1S/C17H14ClN3OS2/c18-11-5-3-10(4-6-11)8-15-20-21-17(24-15)19-16(22)13-9-12(13)14-2-1-7-23-14/h1-7,12-13H,8-9H2,(H,19,21,22). The first-order valence-corrected chi connectivity index (χ1v) is 9.67. The second-order valence-corrected chi connectivity index (χ2v) is 8.24. The first kappa shape index (κ1) is 15.7. The van der Waals surface area contributed by atoms with Crippen molar-refractivity contribution in [2.45, 2.75) is 18.8 Å². The van der Waals surface area contributed by atoms with Gasteiger partial charge in [-0.1, -0.05) is 41.1 Å². The molecule has 0 saturated heterocycles. The molecule has 1 saturated carbocycles. The molecule has 24 heavy (non-hydrogen) atoms.